The van der Waals surface area contributed by atoms with Crippen LogP contribution in [0.15, 0.2) is 34.9 Å². The molecule has 0 fully saturated rings. The SMILES string of the molecule is Cc1cccc(OCCNC(=O)CSC2=C(C#N)C(C)(C)[C@H](C#N)C(=O)N2)c1. The second kappa shape index (κ2) is 9.29. The van der Waals surface area contributed by atoms with Gasteiger partial charge in [-0.2, -0.15) is 10.5 Å². The molecule has 146 valence electrons. The maximum absolute atomic E-state index is 12.1. The van der Waals surface area contributed by atoms with Gasteiger partial charge in [-0.3, -0.25) is 9.59 Å². The first kappa shape index (κ1) is 21.3. The number of carbonyl (C=O) groups is 2. The van der Waals surface area contributed by atoms with Crippen LogP contribution in [0.2, 0.25) is 0 Å². The molecular formula is C20H22N4O3S. The van der Waals surface area contributed by atoms with Crippen LogP contribution in [0, 0.1) is 40.9 Å². The van der Waals surface area contributed by atoms with Crippen molar-refractivity contribution in [3.63, 3.8) is 0 Å². The Morgan fingerprint density at radius 3 is 2.79 bits per heavy atom. The van der Waals surface area contributed by atoms with E-state index in [9.17, 15) is 20.1 Å². The normalized spacial score (nSPS) is 17.9. The van der Waals surface area contributed by atoms with E-state index >= 15 is 0 Å². The first-order valence-corrected chi connectivity index (χ1v) is 9.72. The number of thioether (sulfide) groups is 1. The monoisotopic (exact) mass is 398 g/mol. The number of benzene rings is 1. The molecule has 0 aliphatic carbocycles. The lowest BCUT2D eigenvalue weighted by molar-refractivity contribution is -0.125. The zero-order valence-corrected chi connectivity index (χ0v) is 16.9. The average molecular weight is 398 g/mol. The van der Waals surface area contributed by atoms with Crippen LogP contribution in [-0.4, -0.2) is 30.7 Å². The molecule has 28 heavy (non-hydrogen) atoms. The summed E-state index contributed by atoms with van der Waals surface area (Å²) >= 11 is 1.08. The molecule has 1 aliphatic heterocycles. The van der Waals surface area contributed by atoms with E-state index in [1.807, 2.05) is 37.3 Å². The molecule has 0 aromatic heterocycles. The highest BCUT2D eigenvalue weighted by atomic mass is 32.2. The fourth-order valence-corrected chi connectivity index (χ4v) is 3.79. The van der Waals surface area contributed by atoms with Gasteiger partial charge < -0.3 is 15.4 Å². The Bertz CT molecular complexity index is 880. The van der Waals surface area contributed by atoms with E-state index in [2.05, 4.69) is 16.7 Å². The van der Waals surface area contributed by atoms with E-state index in [1.54, 1.807) is 13.8 Å². The third-order valence-corrected chi connectivity index (χ3v) is 5.36. The molecule has 0 unspecified atom stereocenters. The van der Waals surface area contributed by atoms with Crippen molar-refractivity contribution in [3.8, 4) is 17.9 Å². The highest BCUT2D eigenvalue weighted by Crippen LogP contribution is 2.41. The van der Waals surface area contributed by atoms with Gasteiger partial charge in [-0.25, -0.2) is 0 Å². The number of nitrogens with zero attached hydrogens (tertiary/aromatic N) is 2. The lowest BCUT2D eigenvalue weighted by Crippen LogP contribution is -2.44. The molecule has 2 rings (SSSR count). The molecule has 8 heteroatoms. The highest BCUT2D eigenvalue weighted by molar-refractivity contribution is 8.03. The lowest BCUT2D eigenvalue weighted by atomic mass is 9.72. The number of rotatable bonds is 7. The number of nitriles is 2. The molecule has 1 aromatic carbocycles. The number of ether oxygens (including phenoxy) is 1. The van der Waals surface area contributed by atoms with E-state index in [1.165, 1.54) is 0 Å². The minimum absolute atomic E-state index is 0.0402. The maximum Gasteiger partial charge on any atom is 0.243 e. The molecule has 7 nitrogen and oxygen atoms in total. The predicted molar refractivity (Wildman–Crippen MR) is 106 cm³/mol. The predicted octanol–water partition coefficient (Wildman–Crippen LogP) is 2.25. The zero-order valence-electron chi connectivity index (χ0n) is 16.0. The third-order valence-electron chi connectivity index (χ3n) is 4.36. The zero-order chi connectivity index (χ0) is 20.7. The maximum atomic E-state index is 12.1. The molecule has 2 N–H and O–H groups in total. The van der Waals surface area contributed by atoms with E-state index in [-0.39, 0.29) is 11.7 Å². The van der Waals surface area contributed by atoms with Gasteiger partial charge in [0.05, 0.1) is 35.0 Å². The number of hydrogen-bond acceptors (Lipinski definition) is 6. The quantitative estimate of drug-likeness (QED) is 0.681. The second-order valence-corrected chi connectivity index (χ2v) is 7.88. The van der Waals surface area contributed by atoms with Crippen LogP contribution >= 0.6 is 11.8 Å². The van der Waals surface area contributed by atoms with Crippen LogP contribution in [-0.2, 0) is 9.59 Å². The summed E-state index contributed by atoms with van der Waals surface area (Å²) < 4.78 is 5.57. The van der Waals surface area contributed by atoms with Crippen LogP contribution in [0.3, 0.4) is 0 Å². The summed E-state index contributed by atoms with van der Waals surface area (Å²) in [6.45, 7) is 6.01. The molecule has 0 bridgehead atoms. The van der Waals surface area contributed by atoms with Gasteiger partial charge in [-0.15, -0.1) is 0 Å². The van der Waals surface area contributed by atoms with E-state index in [4.69, 9.17) is 4.74 Å². The summed E-state index contributed by atoms with van der Waals surface area (Å²) in [5.41, 5.74) is 0.488. The van der Waals surface area contributed by atoms with Crippen molar-refractivity contribution in [2.45, 2.75) is 20.8 Å². The van der Waals surface area contributed by atoms with Crippen LogP contribution in [0.1, 0.15) is 19.4 Å². The molecule has 2 amide bonds. The first-order chi connectivity index (χ1) is 13.3. The summed E-state index contributed by atoms with van der Waals surface area (Å²) in [4.78, 5) is 24.2. The lowest BCUT2D eigenvalue weighted by Gasteiger charge is -2.34. The number of allylic oxidation sites excluding steroid dienone is 1. The summed E-state index contributed by atoms with van der Waals surface area (Å²) in [5, 5.41) is 24.3. The Morgan fingerprint density at radius 1 is 1.39 bits per heavy atom. The molecule has 1 aliphatic rings. The van der Waals surface area contributed by atoms with Gasteiger partial charge in [0.15, 0.2) is 0 Å². The molecule has 0 saturated carbocycles. The van der Waals surface area contributed by atoms with Crippen molar-refractivity contribution < 1.29 is 14.3 Å². The van der Waals surface area contributed by atoms with Gasteiger partial charge in [-0.05, 0) is 24.6 Å². The number of nitrogens with one attached hydrogen (secondary N) is 2. The topological polar surface area (TPSA) is 115 Å². The molecule has 1 atom stereocenters. The van der Waals surface area contributed by atoms with E-state index < -0.39 is 17.2 Å². The van der Waals surface area contributed by atoms with Gasteiger partial charge >= 0.3 is 0 Å². The van der Waals surface area contributed by atoms with Crippen molar-refractivity contribution >= 4 is 23.6 Å². The van der Waals surface area contributed by atoms with Crippen molar-refractivity contribution in [1.82, 2.24) is 10.6 Å². The third kappa shape index (κ3) is 5.05. The Labute approximate surface area is 168 Å². The van der Waals surface area contributed by atoms with Crippen LogP contribution < -0.4 is 15.4 Å². The first-order valence-electron chi connectivity index (χ1n) is 8.74. The molecule has 1 aromatic rings. The smallest absolute Gasteiger partial charge is 0.243 e. The summed E-state index contributed by atoms with van der Waals surface area (Å²) in [5.74, 6) is -0.859. The van der Waals surface area contributed by atoms with Crippen molar-refractivity contribution in [1.29, 1.82) is 10.5 Å². The van der Waals surface area contributed by atoms with Crippen molar-refractivity contribution in [2.75, 3.05) is 18.9 Å². The average Bonchev–Trinajstić information content (AvgIpc) is 2.63. The van der Waals surface area contributed by atoms with Crippen molar-refractivity contribution in [3.05, 3.63) is 40.4 Å². The Balaban J connectivity index is 1.86. The van der Waals surface area contributed by atoms with Crippen LogP contribution in [0.25, 0.3) is 0 Å². The molecule has 0 radical (unpaired) electrons. The van der Waals surface area contributed by atoms with Gasteiger partial charge in [0.1, 0.15) is 18.3 Å². The van der Waals surface area contributed by atoms with Gasteiger partial charge in [0, 0.05) is 5.41 Å². The number of amides is 2. The summed E-state index contributed by atoms with van der Waals surface area (Å²) in [6.07, 6.45) is 0. The minimum Gasteiger partial charge on any atom is -0.492 e. The summed E-state index contributed by atoms with van der Waals surface area (Å²) in [6, 6.07) is 11.6. The summed E-state index contributed by atoms with van der Waals surface area (Å²) in [7, 11) is 0. The fraction of sp³-hybridized carbons (Fsp3) is 0.400. The Hall–Kier alpha value is -2.97. The van der Waals surface area contributed by atoms with Crippen LogP contribution in [0.4, 0.5) is 0 Å². The van der Waals surface area contributed by atoms with Gasteiger partial charge in [0.25, 0.3) is 0 Å². The molecule has 0 spiro atoms. The highest BCUT2D eigenvalue weighted by Gasteiger charge is 2.44. The minimum atomic E-state index is -0.945. The van der Waals surface area contributed by atoms with Crippen molar-refractivity contribution in [2.24, 2.45) is 11.3 Å². The van der Waals surface area contributed by atoms with E-state index in [0.717, 1.165) is 23.1 Å². The van der Waals surface area contributed by atoms with Gasteiger partial charge in [0.2, 0.25) is 11.8 Å². The standard InChI is InChI=1S/C20H22N4O3S/c1-13-5-4-6-14(9-13)27-8-7-23-17(25)12-28-19-16(11-22)20(2,3)15(10-21)18(26)24-19/h4-6,9,15H,7-8,12H2,1-3H3,(H,23,25)(H,24,26)/t15-/m1/s1. The largest absolute Gasteiger partial charge is 0.492 e. The fourth-order valence-electron chi connectivity index (χ4n) is 2.79. The molecule has 0 saturated heterocycles. The van der Waals surface area contributed by atoms with Gasteiger partial charge in [-0.1, -0.05) is 37.7 Å². The number of carbonyl (C=O) groups excluding carboxylic acids is 2. The Morgan fingerprint density at radius 2 is 2.14 bits per heavy atom. The number of aryl methyl sites for hydroxylation is 1. The van der Waals surface area contributed by atoms with E-state index in [0.29, 0.717) is 23.8 Å². The second-order valence-electron chi connectivity index (χ2n) is 6.89. The molecular weight excluding hydrogens is 376 g/mol. The molecule has 1 heterocycles. The number of hydrogen-bond donors (Lipinski definition) is 2. The van der Waals surface area contributed by atoms with Crippen LogP contribution in [0.5, 0.6) is 5.75 Å². The Kier molecular flexibility index (Phi) is 7.08.